The summed E-state index contributed by atoms with van der Waals surface area (Å²) in [5.74, 6) is 1.05. The molecule has 0 saturated carbocycles. The fraction of sp³-hybridized carbons (Fsp3) is 0.160. The van der Waals surface area contributed by atoms with Crippen LogP contribution in [-0.4, -0.2) is 46.9 Å². The highest BCUT2D eigenvalue weighted by Gasteiger charge is 2.14. The molecule has 0 spiro atoms. The van der Waals surface area contributed by atoms with E-state index in [4.69, 9.17) is 9.47 Å². The minimum Gasteiger partial charge on any atom is -0.493 e. The molecule has 9 heteroatoms. The maximum Gasteiger partial charge on any atom is 0.251 e. The first kappa shape index (κ1) is 22.5. The molecule has 4 rings (SSSR count). The lowest BCUT2D eigenvalue weighted by Gasteiger charge is -2.12. The lowest BCUT2D eigenvalue weighted by Crippen LogP contribution is -2.26. The lowest BCUT2D eigenvalue weighted by molar-refractivity contribution is 0.0954. The minimum atomic E-state index is -0.244. The van der Waals surface area contributed by atoms with Crippen LogP contribution >= 0.6 is 0 Å². The van der Waals surface area contributed by atoms with E-state index in [1.807, 2.05) is 36.4 Å². The second kappa shape index (κ2) is 10.3. The normalized spacial score (nSPS) is 10.4. The number of carbonyl (C=O) groups is 1. The van der Waals surface area contributed by atoms with Gasteiger partial charge in [-0.2, -0.15) is 5.26 Å². The van der Waals surface area contributed by atoms with Crippen molar-refractivity contribution in [2.75, 3.05) is 20.8 Å². The van der Waals surface area contributed by atoms with Gasteiger partial charge in [-0.25, -0.2) is 4.68 Å². The van der Waals surface area contributed by atoms with E-state index in [1.54, 1.807) is 38.5 Å². The van der Waals surface area contributed by atoms with Crippen LogP contribution in [0.1, 0.15) is 21.5 Å². The third-order valence-electron chi connectivity index (χ3n) is 5.30. The number of carbonyl (C=O) groups excluding carboxylic acids is 1. The van der Waals surface area contributed by atoms with Crippen LogP contribution in [0.3, 0.4) is 0 Å². The molecule has 0 aliphatic carbocycles. The third kappa shape index (κ3) is 4.86. The van der Waals surface area contributed by atoms with E-state index < -0.39 is 0 Å². The molecule has 0 saturated heterocycles. The number of amides is 1. The van der Waals surface area contributed by atoms with Crippen molar-refractivity contribution in [2.45, 2.75) is 6.42 Å². The second-order valence-electron chi connectivity index (χ2n) is 7.38. The number of nitrogens with one attached hydrogen (secondary N) is 1. The molecule has 0 fully saturated rings. The number of tetrazole rings is 1. The molecule has 170 valence electrons. The zero-order chi connectivity index (χ0) is 23.9. The summed E-state index contributed by atoms with van der Waals surface area (Å²) in [5.41, 5.74) is 4.00. The molecule has 0 atom stereocenters. The fourth-order valence-corrected chi connectivity index (χ4v) is 3.60. The largest absolute Gasteiger partial charge is 0.493 e. The lowest BCUT2D eigenvalue weighted by atomic mass is 9.97. The highest BCUT2D eigenvalue weighted by Crippen LogP contribution is 2.28. The number of rotatable bonds is 8. The summed E-state index contributed by atoms with van der Waals surface area (Å²) in [4.78, 5) is 13.0. The Morgan fingerprint density at radius 1 is 1.06 bits per heavy atom. The Hall–Kier alpha value is -4.71. The molecule has 1 heterocycles. The van der Waals surface area contributed by atoms with E-state index in [1.165, 1.54) is 11.0 Å². The molecule has 1 amide bonds. The number of hydrogen-bond acceptors (Lipinski definition) is 7. The van der Waals surface area contributed by atoms with Crippen molar-refractivity contribution >= 4 is 5.91 Å². The Morgan fingerprint density at radius 2 is 1.88 bits per heavy atom. The van der Waals surface area contributed by atoms with Crippen LogP contribution in [-0.2, 0) is 6.42 Å². The fourth-order valence-electron chi connectivity index (χ4n) is 3.60. The summed E-state index contributed by atoms with van der Waals surface area (Å²) in [7, 11) is 3.17. The molecule has 0 aliphatic heterocycles. The van der Waals surface area contributed by atoms with E-state index in [2.05, 4.69) is 26.9 Å². The Balaban J connectivity index is 1.57. The molecule has 0 radical (unpaired) electrons. The van der Waals surface area contributed by atoms with E-state index in [9.17, 15) is 10.1 Å². The SMILES string of the molecule is COc1ccc(CCNC(=O)c2cc(-c3ccccc3C#N)cc(-n3cnnn3)c2)cc1OC. The van der Waals surface area contributed by atoms with Crippen LogP contribution in [0.4, 0.5) is 0 Å². The van der Waals surface area contributed by atoms with E-state index in [0.29, 0.717) is 41.3 Å². The van der Waals surface area contributed by atoms with Crippen molar-refractivity contribution in [3.63, 3.8) is 0 Å². The molecule has 1 N–H and O–H groups in total. The first-order chi connectivity index (χ1) is 16.6. The zero-order valence-electron chi connectivity index (χ0n) is 18.7. The Labute approximate surface area is 196 Å². The summed E-state index contributed by atoms with van der Waals surface area (Å²) in [6.07, 6.45) is 2.07. The number of ether oxygens (including phenoxy) is 2. The van der Waals surface area contributed by atoms with Gasteiger partial charge in [0.2, 0.25) is 0 Å². The highest BCUT2D eigenvalue weighted by molar-refractivity contribution is 5.96. The van der Waals surface area contributed by atoms with Crippen LogP contribution in [0.15, 0.2) is 67.0 Å². The summed E-state index contributed by atoms with van der Waals surface area (Å²) < 4.78 is 12.1. The molecule has 34 heavy (non-hydrogen) atoms. The third-order valence-corrected chi connectivity index (χ3v) is 5.30. The van der Waals surface area contributed by atoms with E-state index in [-0.39, 0.29) is 5.91 Å². The van der Waals surface area contributed by atoms with Crippen LogP contribution in [0, 0.1) is 11.3 Å². The van der Waals surface area contributed by atoms with Crippen LogP contribution in [0.2, 0.25) is 0 Å². The Kier molecular flexibility index (Phi) is 6.79. The molecular formula is C25H22N6O3. The smallest absolute Gasteiger partial charge is 0.251 e. The highest BCUT2D eigenvalue weighted by atomic mass is 16.5. The maximum atomic E-state index is 13.0. The predicted octanol–water partition coefficient (Wildman–Crippen LogP) is 3.19. The predicted molar refractivity (Wildman–Crippen MR) is 125 cm³/mol. The number of benzene rings is 3. The number of nitrogens with zero attached hydrogens (tertiary/aromatic N) is 5. The standard InChI is InChI=1S/C25H22N6O3/c1-33-23-8-7-17(11-24(23)34-2)9-10-27-25(32)20-12-19(22-6-4-3-5-18(22)15-26)13-21(14-20)31-16-28-29-30-31/h3-8,11-14,16H,9-10H2,1-2H3,(H,27,32). The number of hydrogen-bond donors (Lipinski definition) is 1. The van der Waals surface area contributed by atoms with Gasteiger partial charge in [-0.3, -0.25) is 4.79 Å². The average Bonchev–Trinajstić information content (AvgIpc) is 3.43. The zero-order valence-corrected chi connectivity index (χ0v) is 18.7. The number of aromatic nitrogens is 4. The summed E-state index contributed by atoms with van der Waals surface area (Å²) in [6, 6.07) is 20.4. The van der Waals surface area contributed by atoms with E-state index in [0.717, 1.165) is 16.7 Å². The van der Waals surface area contributed by atoms with Gasteiger partial charge >= 0.3 is 0 Å². The summed E-state index contributed by atoms with van der Waals surface area (Å²) in [6.45, 7) is 0.424. The van der Waals surface area contributed by atoms with Crippen molar-refractivity contribution in [1.29, 1.82) is 5.26 Å². The Morgan fingerprint density at radius 3 is 2.62 bits per heavy atom. The Bertz CT molecular complexity index is 1350. The van der Waals surface area contributed by atoms with Gasteiger partial charge in [-0.15, -0.1) is 5.10 Å². The first-order valence-corrected chi connectivity index (χ1v) is 10.5. The molecule has 1 aromatic heterocycles. The van der Waals surface area contributed by atoms with Gasteiger partial charge < -0.3 is 14.8 Å². The monoisotopic (exact) mass is 454 g/mol. The quantitative estimate of drug-likeness (QED) is 0.435. The molecule has 9 nitrogen and oxygen atoms in total. The van der Waals surface area contributed by atoms with Crippen molar-refractivity contribution in [3.05, 3.63) is 83.7 Å². The van der Waals surface area contributed by atoms with Crippen molar-refractivity contribution in [3.8, 4) is 34.4 Å². The first-order valence-electron chi connectivity index (χ1n) is 10.5. The van der Waals surface area contributed by atoms with Gasteiger partial charge in [0.15, 0.2) is 11.5 Å². The van der Waals surface area contributed by atoms with Crippen LogP contribution in [0.25, 0.3) is 16.8 Å². The molecule has 4 aromatic rings. The van der Waals surface area contributed by atoms with Gasteiger partial charge in [0.1, 0.15) is 6.33 Å². The second-order valence-corrected chi connectivity index (χ2v) is 7.38. The van der Waals surface area contributed by atoms with Gasteiger partial charge in [-0.1, -0.05) is 24.3 Å². The molecule has 3 aromatic carbocycles. The number of nitriles is 1. The van der Waals surface area contributed by atoms with Crippen molar-refractivity contribution in [1.82, 2.24) is 25.5 Å². The molecular weight excluding hydrogens is 432 g/mol. The molecule has 0 unspecified atom stereocenters. The van der Waals surface area contributed by atoms with Crippen molar-refractivity contribution in [2.24, 2.45) is 0 Å². The maximum absolute atomic E-state index is 13.0. The summed E-state index contributed by atoms with van der Waals surface area (Å²) in [5, 5.41) is 23.8. The van der Waals surface area contributed by atoms with Gasteiger partial charge in [0.05, 0.1) is 31.5 Å². The minimum absolute atomic E-state index is 0.244. The van der Waals surface area contributed by atoms with E-state index >= 15 is 0 Å². The van der Waals surface area contributed by atoms with Gasteiger partial charge in [0, 0.05) is 12.1 Å². The molecule has 0 bridgehead atoms. The van der Waals surface area contributed by atoms with Gasteiger partial charge in [0.25, 0.3) is 5.91 Å². The topological polar surface area (TPSA) is 115 Å². The van der Waals surface area contributed by atoms with Crippen LogP contribution in [0.5, 0.6) is 11.5 Å². The van der Waals surface area contributed by atoms with Crippen LogP contribution < -0.4 is 14.8 Å². The van der Waals surface area contributed by atoms with Crippen molar-refractivity contribution < 1.29 is 14.3 Å². The average molecular weight is 454 g/mol. The summed E-state index contributed by atoms with van der Waals surface area (Å²) >= 11 is 0. The number of methoxy groups -OCH3 is 2. The molecule has 0 aliphatic rings. The van der Waals surface area contributed by atoms with Gasteiger partial charge in [-0.05, 0) is 69.9 Å².